The van der Waals surface area contributed by atoms with Crippen LogP contribution in [0.1, 0.15) is 42.7 Å². The van der Waals surface area contributed by atoms with Gasteiger partial charge in [0, 0.05) is 6.54 Å². The van der Waals surface area contributed by atoms with Gasteiger partial charge in [-0.1, -0.05) is 26.0 Å². The molecule has 0 aliphatic rings. The molecule has 1 aromatic carbocycles. The van der Waals surface area contributed by atoms with Gasteiger partial charge >= 0.3 is 0 Å². The highest BCUT2D eigenvalue weighted by atomic mass is 16.5. The maximum Gasteiger partial charge on any atom is 0.258 e. The van der Waals surface area contributed by atoms with Crippen molar-refractivity contribution in [2.75, 3.05) is 27.2 Å². The normalized spacial score (nSPS) is 12.4. The maximum absolute atomic E-state index is 12.2. The van der Waals surface area contributed by atoms with Gasteiger partial charge < -0.3 is 14.5 Å². The van der Waals surface area contributed by atoms with E-state index in [2.05, 4.69) is 31.3 Å². The molecule has 136 valence electrons. The SMILES string of the molecule is Cc1ccc(C(C)C)c(OCC(=O)NC[C@@H](c2ccco2)N(C)C)c1. The molecule has 0 aliphatic heterocycles. The number of hydrogen-bond donors (Lipinski definition) is 1. The molecule has 2 rings (SSSR count). The number of nitrogens with one attached hydrogen (secondary N) is 1. The summed E-state index contributed by atoms with van der Waals surface area (Å²) in [7, 11) is 3.91. The Morgan fingerprint density at radius 1 is 1.28 bits per heavy atom. The van der Waals surface area contributed by atoms with Crippen LogP contribution >= 0.6 is 0 Å². The summed E-state index contributed by atoms with van der Waals surface area (Å²) in [4.78, 5) is 14.2. The number of carbonyl (C=O) groups is 1. The van der Waals surface area contributed by atoms with E-state index in [1.807, 2.05) is 44.1 Å². The third-order valence-electron chi connectivity index (χ3n) is 4.14. The molecule has 5 nitrogen and oxygen atoms in total. The Morgan fingerprint density at radius 2 is 2.04 bits per heavy atom. The van der Waals surface area contributed by atoms with Gasteiger partial charge in [0.2, 0.25) is 0 Å². The molecule has 0 radical (unpaired) electrons. The average molecular weight is 344 g/mol. The van der Waals surface area contributed by atoms with Crippen LogP contribution in [0.5, 0.6) is 5.75 Å². The number of ether oxygens (including phenoxy) is 1. The Kier molecular flexibility index (Phi) is 6.65. The molecular weight excluding hydrogens is 316 g/mol. The lowest BCUT2D eigenvalue weighted by Crippen LogP contribution is -2.36. The van der Waals surface area contributed by atoms with E-state index in [1.165, 1.54) is 0 Å². The zero-order valence-corrected chi connectivity index (χ0v) is 15.7. The van der Waals surface area contributed by atoms with Crippen LogP contribution in [0.4, 0.5) is 0 Å². The molecule has 5 heteroatoms. The van der Waals surface area contributed by atoms with Crippen LogP contribution in [0.25, 0.3) is 0 Å². The predicted molar refractivity (Wildman–Crippen MR) is 98.9 cm³/mol. The minimum Gasteiger partial charge on any atom is -0.483 e. The quantitative estimate of drug-likeness (QED) is 0.796. The molecule has 0 fully saturated rings. The van der Waals surface area contributed by atoms with Crippen molar-refractivity contribution in [1.82, 2.24) is 10.2 Å². The minimum absolute atomic E-state index is 0.00146. The van der Waals surface area contributed by atoms with Gasteiger partial charge in [-0.25, -0.2) is 0 Å². The zero-order valence-electron chi connectivity index (χ0n) is 15.7. The fourth-order valence-corrected chi connectivity index (χ4v) is 2.67. The summed E-state index contributed by atoms with van der Waals surface area (Å²) in [5, 5.41) is 2.92. The fourth-order valence-electron chi connectivity index (χ4n) is 2.67. The maximum atomic E-state index is 12.2. The van der Waals surface area contributed by atoms with Crippen LogP contribution in [0, 0.1) is 6.92 Å². The number of amides is 1. The Bertz CT molecular complexity index is 678. The van der Waals surface area contributed by atoms with E-state index in [1.54, 1.807) is 6.26 Å². The number of benzene rings is 1. The van der Waals surface area contributed by atoms with Gasteiger partial charge in [0.1, 0.15) is 11.5 Å². The van der Waals surface area contributed by atoms with Crippen molar-refractivity contribution in [3.8, 4) is 5.75 Å². The Labute approximate surface area is 150 Å². The van der Waals surface area contributed by atoms with Crippen LogP contribution in [0.3, 0.4) is 0 Å². The second kappa shape index (κ2) is 8.72. The topological polar surface area (TPSA) is 54.7 Å². The number of rotatable bonds is 8. The summed E-state index contributed by atoms with van der Waals surface area (Å²) in [6.07, 6.45) is 1.64. The van der Waals surface area contributed by atoms with Crippen LogP contribution in [0.2, 0.25) is 0 Å². The summed E-state index contributed by atoms with van der Waals surface area (Å²) < 4.78 is 11.2. The number of hydrogen-bond acceptors (Lipinski definition) is 4. The summed E-state index contributed by atoms with van der Waals surface area (Å²) in [6.45, 7) is 6.71. The van der Waals surface area contributed by atoms with Gasteiger partial charge in [-0.3, -0.25) is 9.69 Å². The van der Waals surface area contributed by atoms with Crippen LogP contribution < -0.4 is 10.1 Å². The standard InChI is InChI=1S/C20H28N2O3/c1-14(2)16-9-8-15(3)11-19(16)25-13-20(23)21-12-17(22(4)5)18-7-6-10-24-18/h6-11,14,17H,12-13H2,1-5H3,(H,21,23)/t17-/m0/s1. The largest absolute Gasteiger partial charge is 0.483 e. The van der Waals surface area contributed by atoms with E-state index < -0.39 is 0 Å². The van der Waals surface area contributed by atoms with E-state index in [0.717, 1.165) is 22.6 Å². The predicted octanol–water partition coefficient (Wildman–Crippen LogP) is 3.51. The molecule has 0 unspecified atom stereocenters. The summed E-state index contributed by atoms with van der Waals surface area (Å²) in [5.41, 5.74) is 2.23. The van der Waals surface area contributed by atoms with Gasteiger partial charge in [0.05, 0.1) is 12.3 Å². The molecule has 0 aliphatic carbocycles. The van der Waals surface area contributed by atoms with Crippen molar-refractivity contribution in [1.29, 1.82) is 0 Å². The third kappa shape index (κ3) is 5.36. The number of furan rings is 1. The average Bonchev–Trinajstić information content (AvgIpc) is 3.06. The Hall–Kier alpha value is -2.27. The van der Waals surface area contributed by atoms with Gasteiger partial charge in [-0.15, -0.1) is 0 Å². The van der Waals surface area contributed by atoms with Crippen LogP contribution in [0.15, 0.2) is 41.0 Å². The van der Waals surface area contributed by atoms with E-state index >= 15 is 0 Å². The van der Waals surface area contributed by atoms with Crippen LogP contribution in [-0.4, -0.2) is 38.1 Å². The van der Waals surface area contributed by atoms with Gasteiger partial charge in [0.25, 0.3) is 5.91 Å². The van der Waals surface area contributed by atoms with Gasteiger partial charge in [-0.2, -0.15) is 0 Å². The van der Waals surface area contributed by atoms with Crippen molar-refractivity contribution >= 4 is 5.91 Å². The minimum atomic E-state index is -0.144. The lowest BCUT2D eigenvalue weighted by Gasteiger charge is -2.22. The molecule has 1 aromatic heterocycles. The second-order valence-electron chi connectivity index (χ2n) is 6.78. The van der Waals surface area contributed by atoms with E-state index in [0.29, 0.717) is 12.5 Å². The highest BCUT2D eigenvalue weighted by Gasteiger charge is 2.18. The van der Waals surface area contributed by atoms with Gasteiger partial charge in [-0.05, 0) is 56.3 Å². The number of carbonyl (C=O) groups excluding carboxylic acids is 1. The fraction of sp³-hybridized carbons (Fsp3) is 0.450. The van der Waals surface area contributed by atoms with Crippen molar-refractivity contribution in [3.05, 3.63) is 53.5 Å². The first-order valence-corrected chi connectivity index (χ1v) is 8.58. The molecule has 25 heavy (non-hydrogen) atoms. The van der Waals surface area contributed by atoms with Crippen molar-refractivity contribution in [2.24, 2.45) is 0 Å². The molecule has 0 saturated heterocycles. The smallest absolute Gasteiger partial charge is 0.258 e. The lowest BCUT2D eigenvalue weighted by atomic mass is 10.0. The number of nitrogens with zero attached hydrogens (tertiary/aromatic N) is 1. The van der Waals surface area contributed by atoms with E-state index in [9.17, 15) is 4.79 Å². The van der Waals surface area contributed by atoms with Crippen LogP contribution in [-0.2, 0) is 4.79 Å². The van der Waals surface area contributed by atoms with Crippen molar-refractivity contribution in [2.45, 2.75) is 32.7 Å². The molecule has 1 N–H and O–H groups in total. The monoisotopic (exact) mass is 344 g/mol. The molecule has 1 amide bonds. The summed E-state index contributed by atoms with van der Waals surface area (Å²) in [6, 6.07) is 9.86. The number of likely N-dealkylation sites (N-methyl/N-ethyl adjacent to an activating group) is 1. The molecule has 1 atom stereocenters. The molecule has 0 saturated carbocycles. The Balaban J connectivity index is 1.92. The molecular formula is C20H28N2O3. The number of aryl methyl sites for hydroxylation is 1. The first-order chi connectivity index (χ1) is 11.9. The molecule has 2 aromatic rings. The van der Waals surface area contributed by atoms with Crippen molar-refractivity contribution < 1.29 is 13.9 Å². The highest BCUT2D eigenvalue weighted by molar-refractivity contribution is 5.77. The molecule has 0 spiro atoms. The highest BCUT2D eigenvalue weighted by Crippen LogP contribution is 2.27. The molecule has 0 bridgehead atoms. The Morgan fingerprint density at radius 3 is 2.64 bits per heavy atom. The summed E-state index contributed by atoms with van der Waals surface area (Å²) >= 11 is 0. The summed E-state index contributed by atoms with van der Waals surface area (Å²) in [5.74, 6) is 1.80. The van der Waals surface area contributed by atoms with Crippen molar-refractivity contribution in [3.63, 3.8) is 0 Å². The molecule has 1 heterocycles. The first-order valence-electron chi connectivity index (χ1n) is 8.58. The zero-order chi connectivity index (χ0) is 18.4. The van der Waals surface area contributed by atoms with E-state index in [4.69, 9.17) is 9.15 Å². The van der Waals surface area contributed by atoms with Gasteiger partial charge in [0.15, 0.2) is 6.61 Å². The van der Waals surface area contributed by atoms with E-state index in [-0.39, 0.29) is 18.6 Å². The second-order valence-corrected chi connectivity index (χ2v) is 6.78. The third-order valence-corrected chi connectivity index (χ3v) is 4.14. The lowest BCUT2D eigenvalue weighted by molar-refractivity contribution is -0.123. The first kappa shape index (κ1) is 19.1.